The minimum atomic E-state index is -0.337. The number of fused-ring (bicyclic) bond motifs is 1. The van der Waals surface area contributed by atoms with Crippen molar-refractivity contribution in [3.8, 4) is 5.69 Å². The number of carbonyl (C=O) groups is 2. The molecule has 154 valence electrons. The van der Waals surface area contributed by atoms with Gasteiger partial charge in [0.25, 0.3) is 5.91 Å². The second kappa shape index (κ2) is 8.16. The summed E-state index contributed by atoms with van der Waals surface area (Å²) in [7, 11) is 0. The van der Waals surface area contributed by atoms with Gasteiger partial charge in [-0.3, -0.25) is 9.59 Å². The van der Waals surface area contributed by atoms with Gasteiger partial charge in [-0.25, -0.2) is 4.68 Å². The molecule has 0 aliphatic carbocycles. The van der Waals surface area contributed by atoms with Crippen molar-refractivity contribution in [1.29, 1.82) is 0 Å². The van der Waals surface area contributed by atoms with Crippen LogP contribution in [0.1, 0.15) is 43.1 Å². The maximum atomic E-state index is 13.1. The average Bonchev–Trinajstić information content (AvgIpc) is 3.19. The lowest BCUT2D eigenvalue weighted by Gasteiger charge is -2.24. The van der Waals surface area contributed by atoms with Gasteiger partial charge in [0, 0.05) is 22.5 Å². The molecule has 3 aromatic rings. The zero-order valence-electron chi connectivity index (χ0n) is 17.2. The van der Waals surface area contributed by atoms with Crippen molar-refractivity contribution in [3.63, 3.8) is 0 Å². The fourth-order valence-corrected chi connectivity index (χ4v) is 4.30. The van der Waals surface area contributed by atoms with E-state index in [4.69, 9.17) is 11.6 Å². The Balaban J connectivity index is 1.89. The van der Waals surface area contributed by atoms with Crippen LogP contribution in [-0.4, -0.2) is 45.1 Å². The molecule has 2 aromatic heterocycles. The first kappa shape index (κ1) is 21.3. The summed E-state index contributed by atoms with van der Waals surface area (Å²) in [6, 6.07) is 9.27. The summed E-state index contributed by atoms with van der Waals surface area (Å²) in [6.07, 6.45) is 0. The van der Waals surface area contributed by atoms with Crippen LogP contribution in [0.15, 0.2) is 30.3 Å². The highest BCUT2D eigenvalue weighted by atomic mass is 35.5. The van der Waals surface area contributed by atoms with Crippen molar-refractivity contribution >= 4 is 45.0 Å². The number of halogens is 1. The van der Waals surface area contributed by atoms with Crippen molar-refractivity contribution in [2.75, 3.05) is 13.1 Å². The van der Waals surface area contributed by atoms with Crippen LogP contribution in [0.2, 0.25) is 5.02 Å². The molecule has 0 radical (unpaired) electrons. The number of hydrogen-bond acceptors (Lipinski definition) is 4. The fourth-order valence-electron chi connectivity index (χ4n) is 3.02. The lowest BCUT2D eigenvalue weighted by atomic mass is 10.1. The highest BCUT2D eigenvalue weighted by molar-refractivity contribution is 7.20. The highest BCUT2D eigenvalue weighted by Crippen LogP contribution is 2.31. The van der Waals surface area contributed by atoms with E-state index in [9.17, 15) is 9.59 Å². The number of benzene rings is 1. The van der Waals surface area contributed by atoms with E-state index in [1.807, 2.05) is 69.6 Å². The van der Waals surface area contributed by atoms with Crippen LogP contribution in [0.5, 0.6) is 0 Å². The van der Waals surface area contributed by atoms with E-state index in [2.05, 4.69) is 10.4 Å². The van der Waals surface area contributed by atoms with Gasteiger partial charge < -0.3 is 10.2 Å². The molecular formula is C21H25ClN4O2S. The van der Waals surface area contributed by atoms with Crippen LogP contribution in [0, 0.1) is 6.92 Å². The summed E-state index contributed by atoms with van der Waals surface area (Å²) in [5, 5.41) is 9.09. The van der Waals surface area contributed by atoms with E-state index < -0.39 is 0 Å². The van der Waals surface area contributed by atoms with Gasteiger partial charge in [-0.15, -0.1) is 11.3 Å². The minimum Gasteiger partial charge on any atom is -0.350 e. The standard InChI is InChI=1S/C21H25ClN4O2S/c1-6-25(12-18(27)23-21(3,4)5)19(28)17-11-16-13(2)24-26(20(16)29-17)15-9-7-14(22)8-10-15/h7-11H,6,12H2,1-5H3,(H,23,27). The van der Waals surface area contributed by atoms with Gasteiger partial charge in [0.2, 0.25) is 5.91 Å². The first-order chi connectivity index (χ1) is 13.6. The molecule has 0 saturated heterocycles. The lowest BCUT2D eigenvalue weighted by molar-refractivity contribution is -0.123. The number of carbonyl (C=O) groups excluding carboxylic acids is 2. The number of rotatable bonds is 5. The molecule has 6 nitrogen and oxygen atoms in total. The largest absolute Gasteiger partial charge is 0.350 e. The Morgan fingerprint density at radius 3 is 2.48 bits per heavy atom. The van der Waals surface area contributed by atoms with Gasteiger partial charge in [-0.05, 0) is 65.0 Å². The Morgan fingerprint density at radius 2 is 1.90 bits per heavy atom. The maximum absolute atomic E-state index is 13.1. The van der Waals surface area contributed by atoms with Gasteiger partial charge in [0.15, 0.2) is 0 Å². The molecular weight excluding hydrogens is 408 g/mol. The second-order valence-electron chi connectivity index (χ2n) is 7.92. The van der Waals surface area contributed by atoms with Gasteiger partial charge in [-0.2, -0.15) is 5.10 Å². The maximum Gasteiger partial charge on any atom is 0.264 e. The normalized spacial score (nSPS) is 11.7. The smallest absolute Gasteiger partial charge is 0.264 e. The molecule has 8 heteroatoms. The van der Waals surface area contributed by atoms with Gasteiger partial charge in [0.05, 0.1) is 22.8 Å². The number of hydrogen-bond donors (Lipinski definition) is 1. The zero-order chi connectivity index (χ0) is 21.3. The Morgan fingerprint density at radius 1 is 1.24 bits per heavy atom. The van der Waals surface area contributed by atoms with Crippen LogP contribution in [0.4, 0.5) is 0 Å². The van der Waals surface area contributed by atoms with E-state index in [1.54, 1.807) is 4.90 Å². The molecule has 0 saturated carbocycles. The molecule has 0 atom stereocenters. The van der Waals surface area contributed by atoms with Crippen molar-refractivity contribution < 1.29 is 9.59 Å². The average molecular weight is 433 g/mol. The summed E-state index contributed by atoms with van der Waals surface area (Å²) in [6.45, 7) is 10.0. The number of thiophene rings is 1. The molecule has 1 aromatic carbocycles. The predicted octanol–water partition coefficient (Wildman–Crippen LogP) is 4.43. The van der Waals surface area contributed by atoms with Crippen molar-refractivity contribution in [1.82, 2.24) is 20.0 Å². The van der Waals surface area contributed by atoms with Gasteiger partial charge >= 0.3 is 0 Å². The third kappa shape index (κ3) is 4.79. The predicted molar refractivity (Wildman–Crippen MR) is 118 cm³/mol. The van der Waals surface area contributed by atoms with E-state index in [1.165, 1.54) is 11.3 Å². The molecule has 0 fully saturated rings. The summed E-state index contributed by atoms with van der Waals surface area (Å²) in [5.41, 5.74) is 1.39. The molecule has 0 unspecified atom stereocenters. The van der Waals surface area contributed by atoms with Crippen LogP contribution in [0.3, 0.4) is 0 Å². The monoisotopic (exact) mass is 432 g/mol. The van der Waals surface area contributed by atoms with Crippen molar-refractivity contribution in [2.24, 2.45) is 0 Å². The zero-order valence-corrected chi connectivity index (χ0v) is 18.8. The molecule has 2 heterocycles. The van der Waals surface area contributed by atoms with E-state index in [-0.39, 0.29) is 23.9 Å². The molecule has 2 amide bonds. The SMILES string of the molecule is CCN(CC(=O)NC(C)(C)C)C(=O)c1cc2c(C)nn(-c3ccc(Cl)cc3)c2s1. The van der Waals surface area contributed by atoms with E-state index in [0.717, 1.165) is 21.6 Å². The number of nitrogens with zero attached hydrogens (tertiary/aromatic N) is 3. The third-order valence-electron chi connectivity index (χ3n) is 4.34. The van der Waals surface area contributed by atoms with Crippen molar-refractivity contribution in [3.05, 3.63) is 45.9 Å². The van der Waals surface area contributed by atoms with Crippen molar-refractivity contribution in [2.45, 2.75) is 40.2 Å². The molecule has 0 aliphatic rings. The second-order valence-corrected chi connectivity index (χ2v) is 9.39. The van der Waals surface area contributed by atoms with E-state index >= 15 is 0 Å². The summed E-state index contributed by atoms with van der Waals surface area (Å²) in [4.78, 5) is 28.4. The lowest BCUT2D eigenvalue weighted by Crippen LogP contribution is -2.47. The Labute approximate surface area is 179 Å². The van der Waals surface area contributed by atoms with E-state index in [0.29, 0.717) is 16.4 Å². The molecule has 1 N–H and O–H groups in total. The highest BCUT2D eigenvalue weighted by Gasteiger charge is 2.23. The first-order valence-electron chi connectivity index (χ1n) is 9.44. The Hall–Kier alpha value is -2.38. The summed E-state index contributed by atoms with van der Waals surface area (Å²) >= 11 is 7.37. The van der Waals surface area contributed by atoms with Crippen LogP contribution in [-0.2, 0) is 4.79 Å². The number of nitrogens with one attached hydrogen (secondary N) is 1. The van der Waals surface area contributed by atoms with Crippen LogP contribution < -0.4 is 5.32 Å². The summed E-state index contributed by atoms with van der Waals surface area (Å²) in [5.74, 6) is -0.322. The van der Waals surface area contributed by atoms with Gasteiger partial charge in [-0.1, -0.05) is 11.6 Å². The topological polar surface area (TPSA) is 67.2 Å². The van der Waals surface area contributed by atoms with Gasteiger partial charge in [0.1, 0.15) is 4.83 Å². The third-order valence-corrected chi connectivity index (χ3v) is 5.69. The fraction of sp³-hybridized carbons (Fsp3) is 0.381. The number of aryl methyl sites for hydroxylation is 1. The van der Waals surface area contributed by atoms with Crippen LogP contribution >= 0.6 is 22.9 Å². The Bertz CT molecular complexity index is 1050. The molecule has 0 aliphatic heterocycles. The minimum absolute atomic E-state index is 0.0309. The quantitative estimate of drug-likeness (QED) is 0.648. The van der Waals surface area contributed by atoms with Crippen LogP contribution in [0.25, 0.3) is 15.9 Å². The molecule has 3 rings (SSSR count). The number of likely N-dealkylation sites (N-methyl/N-ethyl adjacent to an activating group) is 1. The number of amides is 2. The molecule has 29 heavy (non-hydrogen) atoms. The molecule has 0 bridgehead atoms. The summed E-state index contributed by atoms with van der Waals surface area (Å²) < 4.78 is 1.82. The Kier molecular flexibility index (Phi) is 6.00. The molecule has 0 spiro atoms. The number of aromatic nitrogens is 2. The first-order valence-corrected chi connectivity index (χ1v) is 10.6.